The van der Waals surface area contributed by atoms with E-state index >= 15 is 0 Å². The van der Waals surface area contributed by atoms with Crippen molar-refractivity contribution in [2.75, 3.05) is 7.11 Å². The molecule has 2 aromatic carbocycles. The van der Waals surface area contributed by atoms with Crippen LogP contribution >= 0.6 is 0 Å². The van der Waals surface area contributed by atoms with Gasteiger partial charge in [0.2, 0.25) is 0 Å². The second-order valence-corrected chi connectivity index (χ2v) is 6.25. The van der Waals surface area contributed by atoms with E-state index in [1.807, 2.05) is 48.0 Å². The fourth-order valence-electron chi connectivity index (χ4n) is 2.83. The Morgan fingerprint density at radius 1 is 1.07 bits per heavy atom. The van der Waals surface area contributed by atoms with Gasteiger partial charge >= 0.3 is 0 Å². The van der Waals surface area contributed by atoms with Crippen LogP contribution in [0.15, 0.2) is 55.0 Å². The number of nitrogens with zero attached hydrogens (tertiary/aromatic N) is 4. The van der Waals surface area contributed by atoms with E-state index in [1.165, 1.54) is 12.1 Å². The Balaban J connectivity index is 1.56. The van der Waals surface area contributed by atoms with Crippen molar-refractivity contribution >= 4 is 12.2 Å². The molecule has 0 atom stereocenters. The first-order valence-electron chi connectivity index (χ1n) is 8.68. The highest BCUT2D eigenvalue weighted by atomic mass is 19.1. The number of halogens is 1. The second kappa shape index (κ2) is 7.48. The molecule has 0 aliphatic carbocycles. The van der Waals surface area contributed by atoms with Gasteiger partial charge in [0.15, 0.2) is 11.6 Å². The van der Waals surface area contributed by atoms with E-state index in [1.54, 1.807) is 25.6 Å². The zero-order valence-electron chi connectivity index (χ0n) is 15.4. The van der Waals surface area contributed by atoms with Crippen molar-refractivity contribution in [1.29, 1.82) is 0 Å². The largest absolute Gasteiger partial charge is 0.495 e. The molecule has 6 nitrogen and oxygen atoms in total. The van der Waals surface area contributed by atoms with Gasteiger partial charge in [0, 0.05) is 11.8 Å². The molecule has 7 heteroatoms. The molecule has 0 amide bonds. The smallest absolute Gasteiger partial charge is 0.161 e. The lowest BCUT2D eigenvalue weighted by Gasteiger charge is -2.09. The number of hydrogen-bond donors (Lipinski definition) is 1. The first-order chi connectivity index (χ1) is 13.6. The predicted molar refractivity (Wildman–Crippen MR) is 106 cm³/mol. The first-order valence-corrected chi connectivity index (χ1v) is 8.68. The fraction of sp³-hybridized carbons (Fsp3) is 0.0952. The summed E-state index contributed by atoms with van der Waals surface area (Å²) >= 11 is 0. The molecule has 4 aromatic rings. The lowest BCUT2D eigenvalue weighted by Crippen LogP contribution is -1.95. The molecule has 0 saturated heterocycles. The molecule has 0 spiro atoms. The molecule has 0 aliphatic rings. The Bertz CT molecular complexity index is 1130. The molecule has 0 saturated carbocycles. The van der Waals surface area contributed by atoms with E-state index in [0.29, 0.717) is 11.6 Å². The van der Waals surface area contributed by atoms with Crippen LogP contribution in [0.3, 0.4) is 0 Å². The number of benzene rings is 2. The van der Waals surface area contributed by atoms with Crippen molar-refractivity contribution < 1.29 is 9.13 Å². The molecule has 4 rings (SSSR count). The van der Waals surface area contributed by atoms with Crippen LogP contribution < -0.4 is 4.74 Å². The summed E-state index contributed by atoms with van der Waals surface area (Å²) in [5.74, 6) is 1.64. The number of rotatable bonds is 5. The minimum atomic E-state index is -0.286. The maximum absolute atomic E-state index is 13.0. The number of methoxy groups -OCH3 is 1. The van der Waals surface area contributed by atoms with Gasteiger partial charge in [-0.2, -0.15) is 0 Å². The maximum Gasteiger partial charge on any atom is 0.161 e. The molecule has 0 radical (unpaired) electrons. The summed E-state index contributed by atoms with van der Waals surface area (Å²) < 4.78 is 20.5. The normalized spacial score (nSPS) is 11.2. The van der Waals surface area contributed by atoms with E-state index in [-0.39, 0.29) is 5.82 Å². The van der Waals surface area contributed by atoms with Crippen molar-refractivity contribution in [2.45, 2.75) is 6.92 Å². The summed E-state index contributed by atoms with van der Waals surface area (Å²) in [4.78, 5) is 7.36. The van der Waals surface area contributed by atoms with Crippen LogP contribution in [-0.4, -0.2) is 31.8 Å². The minimum Gasteiger partial charge on any atom is -0.495 e. The Labute approximate surface area is 161 Å². The third-order valence-electron chi connectivity index (χ3n) is 4.25. The van der Waals surface area contributed by atoms with E-state index in [0.717, 1.165) is 28.3 Å². The quantitative estimate of drug-likeness (QED) is 0.565. The summed E-state index contributed by atoms with van der Waals surface area (Å²) in [5.41, 5.74) is 3.58. The van der Waals surface area contributed by atoms with Gasteiger partial charge < -0.3 is 14.3 Å². The number of hydrogen-bond acceptors (Lipinski definition) is 4. The van der Waals surface area contributed by atoms with Gasteiger partial charge in [0.1, 0.15) is 11.6 Å². The lowest BCUT2D eigenvalue weighted by atomic mass is 10.1. The predicted octanol–water partition coefficient (Wildman–Crippen LogP) is 4.28. The van der Waals surface area contributed by atoms with Crippen LogP contribution in [0.25, 0.3) is 29.2 Å². The van der Waals surface area contributed by atoms with Crippen molar-refractivity contribution in [3.05, 3.63) is 77.9 Å². The highest BCUT2D eigenvalue weighted by molar-refractivity contribution is 5.69. The Hall–Kier alpha value is -3.74. The summed E-state index contributed by atoms with van der Waals surface area (Å²) in [6, 6.07) is 12.0. The van der Waals surface area contributed by atoms with Gasteiger partial charge in [-0.1, -0.05) is 12.1 Å². The van der Waals surface area contributed by atoms with Crippen LogP contribution in [-0.2, 0) is 0 Å². The zero-order chi connectivity index (χ0) is 19.5. The molecule has 2 heterocycles. The molecular formula is C21H18FN5O. The van der Waals surface area contributed by atoms with Crippen LogP contribution in [0.1, 0.15) is 17.1 Å². The third-order valence-corrected chi connectivity index (χ3v) is 4.25. The second-order valence-electron chi connectivity index (χ2n) is 6.25. The van der Waals surface area contributed by atoms with Crippen LogP contribution in [0.5, 0.6) is 5.75 Å². The van der Waals surface area contributed by atoms with Gasteiger partial charge in [0.05, 0.1) is 24.8 Å². The number of aromatic nitrogens is 5. The molecule has 0 fully saturated rings. The topological polar surface area (TPSA) is 68.6 Å². The number of ether oxygens (including phenoxy) is 1. The van der Waals surface area contributed by atoms with Crippen molar-refractivity contribution in [2.24, 2.45) is 0 Å². The van der Waals surface area contributed by atoms with Gasteiger partial charge in [-0.3, -0.25) is 0 Å². The molecule has 140 valence electrons. The Morgan fingerprint density at radius 2 is 1.89 bits per heavy atom. The number of aryl methyl sites for hydroxylation is 1. The van der Waals surface area contributed by atoms with Gasteiger partial charge in [-0.25, -0.2) is 9.37 Å². The number of nitrogens with one attached hydrogen (secondary N) is 1. The highest BCUT2D eigenvalue weighted by Crippen LogP contribution is 2.25. The molecule has 0 unspecified atom stereocenters. The molecule has 0 aliphatic heterocycles. The monoisotopic (exact) mass is 375 g/mol. The van der Waals surface area contributed by atoms with Gasteiger partial charge in [-0.05, 0) is 55.0 Å². The van der Waals surface area contributed by atoms with Crippen molar-refractivity contribution in [1.82, 2.24) is 24.7 Å². The third kappa shape index (κ3) is 3.68. The molecule has 0 bridgehead atoms. The first kappa shape index (κ1) is 17.7. The number of imidazole rings is 1. The van der Waals surface area contributed by atoms with Crippen LogP contribution in [0.2, 0.25) is 0 Å². The Morgan fingerprint density at radius 3 is 2.61 bits per heavy atom. The SMILES string of the molecule is COc1cc(C=Cc2nnc(-c3ccc(F)cc3)[nH]2)ccc1-n1cnc(C)c1. The van der Waals surface area contributed by atoms with Gasteiger partial charge in [0.25, 0.3) is 0 Å². The van der Waals surface area contributed by atoms with E-state index < -0.39 is 0 Å². The fourth-order valence-corrected chi connectivity index (χ4v) is 2.83. The summed E-state index contributed by atoms with van der Waals surface area (Å²) in [5, 5.41) is 8.21. The van der Waals surface area contributed by atoms with E-state index in [2.05, 4.69) is 20.2 Å². The minimum absolute atomic E-state index is 0.286. The zero-order valence-corrected chi connectivity index (χ0v) is 15.4. The van der Waals surface area contributed by atoms with Crippen molar-refractivity contribution in [3.63, 3.8) is 0 Å². The lowest BCUT2D eigenvalue weighted by molar-refractivity contribution is 0.413. The average Bonchev–Trinajstić information content (AvgIpc) is 3.36. The molecular weight excluding hydrogens is 357 g/mol. The molecule has 1 N–H and O–H groups in total. The Kier molecular flexibility index (Phi) is 4.72. The highest BCUT2D eigenvalue weighted by Gasteiger charge is 2.07. The van der Waals surface area contributed by atoms with E-state index in [4.69, 9.17) is 4.74 Å². The standard InChI is InChI=1S/C21H18FN5O/c1-14-12-27(13-23-14)18-9-3-15(11-19(18)28-2)4-10-20-24-21(26-25-20)16-5-7-17(22)8-6-16/h3-13H,1-2H3,(H,24,25,26). The van der Waals surface area contributed by atoms with Crippen LogP contribution in [0, 0.1) is 12.7 Å². The van der Waals surface area contributed by atoms with Crippen molar-refractivity contribution in [3.8, 4) is 22.8 Å². The van der Waals surface area contributed by atoms with Crippen LogP contribution in [0.4, 0.5) is 4.39 Å². The summed E-state index contributed by atoms with van der Waals surface area (Å²) in [6.07, 6.45) is 7.45. The van der Waals surface area contributed by atoms with E-state index in [9.17, 15) is 4.39 Å². The molecule has 2 aromatic heterocycles. The summed E-state index contributed by atoms with van der Waals surface area (Å²) in [7, 11) is 1.64. The number of aromatic amines is 1. The summed E-state index contributed by atoms with van der Waals surface area (Å²) in [6.45, 7) is 1.94. The maximum atomic E-state index is 13.0. The number of H-pyrrole nitrogens is 1. The van der Waals surface area contributed by atoms with Gasteiger partial charge in [-0.15, -0.1) is 10.2 Å². The average molecular weight is 375 g/mol. The molecule has 28 heavy (non-hydrogen) atoms.